The zero-order valence-corrected chi connectivity index (χ0v) is 12.2. The Kier molecular flexibility index (Phi) is 4.14. The van der Waals surface area contributed by atoms with Gasteiger partial charge in [-0.1, -0.05) is 30.3 Å². The Morgan fingerprint density at radius 2 is 2.09 bits per heavy atom. The summed E-state index contributed by atoms with van der Waals surface area (Å²) in [4.78, 5) is 20.5. The average molecular weight is 296 g/mol. The number of pyridine rings is 1. The molecule has 2 aromatic rings. The molecule has 0 N–H and O–H groups in total. The van der Waals surface area contributed by atoms with Crippen LogP contribution >= 0.6 is 0 Å². The highest BCUT2D eigenvalue weighted by Gasteiger charge is 2.28. The van der Waals surface area contributed by atoms with Crippen molar-refractivity contribution < 1.29 is 14.3 Å². The van der Waals surface area contributed by atoms with E-state index in [1.54, 1.807) is 6.20 Å². The van der Waals surface area contributed by atoms with Gasteiger partial charge >= 0.3 is 5.97 Å². The van der Waals surface area contributed by atoms with Gasteiger partial charge in [0.1, 0.15) is 13.2 Å². The van der Waals surface area contributed by atoms with Crippen LogP contribution in [0.25, 0.3) is 0 Å². The van der Waals surface area contributed by atoms with E-state index in [1.807, 2.05) is 49.4 Å². The molecular weight excluding hydrogens is 280 g/mol. The first-order chi connectivity index (χ1) is 10.7. The smallest absolute Gasteiger partial charge is 0.334 e. The van der Waals surface area contributed by atoms with Crippen molar-refractivity contribution in [2.75, 3.05) is 6.61 Å². The molecule has 0 saturated carbocycles. The maximum absolute atomic E-state index is 12.0. The molecule has 1 atom stereocenters. The van der Waals surface area contributed by atoms with Crippen LogP contribution in [0.4, 0.5) is 0 Å². The molecule has 1 aliphatic heterocycles. The van der Waals surface area contributed by atoms with Crippen molar-refractivity contribution >= 4 is 11.9 Å². The van der Waals surface area contributed by atoms with E-state index in [2.05, 4.69) is 9.98 Å². The summed E-state index contributed by atoms with van der Waals surface area (Å²) >= 11 is 0. The molecule has 1 aliphatic rings. The first-order valence-corrected chi connectivity index (χ1v) is 7.06. The van der Waals surface area contributed by atoms with Gasteiger partial charge in [-0.05, 0) is 24.6 Å². The number of aliphatic imine (C=N–C) groups is 1. The van der Waals surface area contributed by atoms with Crippen LogP contribution in [0.3, 0.4) is 0 Å². The van der Waals surface area contributed by atoms with Gasteiger partial charge in [-0.25, -0.2) is 9.79 Å². The van der Waals surface area contributed by atoms with Crippen molar-refractivity contribution in [2.24, 2.45) is 4.99 Å². The fourth-order valence-corrected chi connectivity index (χ4v) is 2.07. The lowest BCUT2D eigenvalue weighted by Gasteiger charge is -2.06. The number of esters is 1. The second-order valence-electron chi connectivity index (χ2n) is 5.04. The van der Waals surface area contributed by atoms with Gasteiger partial charge in [0, 0.05) is 11.9 Å². The molecule has 0 unspecified atom stereocenters. The molecule has 0 aliphatic carbocycles. The molecule has 2 heterocycles. The van der Waals surface area contributed by atoms with E-state index in [1.165, 1.54) is 0 Å². The van der Waals surface area contributed by atoms with Crippen molar-refractivity contribution in [3.05, 3.63) is 65.5 Å². The first kappa shape index (κ1) is 14.3. The number of nitrogens with zero attached hydrogens (tertiary/aromatic N) is 2. The van der Waals surface area contributed by atoms with E-state index in [9.17, 15) is 4.79 Å². The maximum atomic E-state index is 12.0. The number of aromatic nitrogens is 1. The second-order valence-corrected chi connectivity index (χ2v) is 5.04. The molecule has 0 fully saturated rings. The average Bonchev–Trinajstić information content (AvgIpc) is 3.04. The van der Waals surface area contributed by atoms with E-state index in [0.29, 0.717) is 5.90 Å². The van der Waals surface area contributed by atoms with E-state index < -0.39 is 6.04 Å². The van der Waals surface area contributed by atoms with Crippen molar-refractivity contribution in [2.45, 2.75) is 19.6 Å². The van der Waals surface area contributed by atoms with Crippen LogP contribution in [-0.2, 0) is 20.9 Å². The van der Waals surface area contributed by atoms with Gasteiger partial charge in [0.2, 0.25) is 5.90 Å². The molecule has 1 aromatic carbocycles. The number of rotatable bonds is 4. The minimum atomic E-state index is -0.611. The molecule has 5 nitrogen and oxygen atoms in total. The number of carbonyl (C=O) groups is 1. The van der Waals surface area contributed by atoms with Crippen molar-refractivity contribution in [3.8, 4) is 0 Å². The Morgan fingerprint density at radius 3 is 2.82 bits per heavy atom. The molecule has 0 amide bonds. The first-order valence-electron chi connectivity index (χ1n) is 7.06. The molecule has 22 heavy (non-hydrogen) atoms. The summed E-state index contributed by atoms with van der Waals surface area (Å²) in [5.41, 5.74) is 2.63. The Labute approximate surface area is 128 Å². The summed E-state index contributed by atoms with van der Waals surface area (Å²) in [7, 11) is 0. The third kappa shape index (κ3) is 3.31. The predicted molar refractivity (Wildman–Crippen MR) is 81.5 cm³/mol. The van der Waals surface area contributed by atoms with Gasteiger partial charge in [-0.2, -0.15) is 0 Å². The minimum absolute atomic E-state index is 0.205. The standard InChI is InChI=1S/C17H16N2O3/c1-12-7-8-14(9-18-12)16-19-15(11-21-16)17(20)22-10-13-5-3-2-4-6-13/h2-9,15H,10-11H2,1H3/t15-/m0/s1. The largest absolute Gasteiger partial charge is 0.474 e. The van der Waals surface area contributed by atoms with Gasteiger partial charge in [0.15, 0.2) is 6.04 Å². The molecule has 0 saturated heterocycles. The second kappa shape index (κ2) is 6.39. The normalized spacial score (nSPS) is 16.8. The molecular formula is C17H16N2O3. The fraction of sp³-hybridized carbons (Fsp3) is 0.235. The van der Waals surface area contributed by atoms with Crippen molar-refractivity contribution in [3.63, 3.8) is 0 Å². The Morgan fingerprint density at radius 1 is 1.27 bits per heavy atom. The zero-order valence-electron chi connectivity index (χ0n) is 12.2. The summed E-state index contributed by atoms with van der Waals surface area (Å²) in [6.07, 6.45) is 1.69. The van der Waals surface area contributed by atoms with Crippen LogP contribution in [-0.4, -0.2) is 29.5 Å². The van der Waals surface area contributed by atoms with Gasteiger partial charge in [0.25, 0.3) is 0 Å². The lowest BCUT2D eigenvalue weighted by atomic mass is 10.2. The van der Waals surface area contributed by atoms with Gasteiger partial charge in [-0.3, -0.25) is 4.98 Å². The highest BCUT2D eigenvalue weighted by atomic mass is 16.5. The molecule has 0 bridgehead atoms. The number of hydrogen-bond acceptors (Lipinski definition) is 5. The SMILES string of the molecule is Cc1ccc(C2=N[C@H](C(=O)OCc3ccccc3)CO2)cn1. The van der Waals surface area contributed by atoms with Crippen molar-refractivity contribution in [1.82, 2.24) is 4.98 Å². The van der Waals surface area contributed by atoms with Crippen LogP contribution in [0, 0.1) is 6.92 Å². The van der Waals surface area contributed by atoms with E-state index in [4.69, 9.17) is 9.47 Å². The van der Waals surface area contributed by atoms with E-state index in [-0.39, 0.29) is 19.2 Å². The van der Waals surface area contributed by atoms with E-state index in [0.717, 1.165) is 16.8 Å². The Balaban J connectivity index is 1.61. The maximum Gasteiger partial charge on any atom is 0.334 e. The molecule has 112 valence electrons. The number of carbonyl (C=O) groups excluding carboxylic acids is 1. The van der Waals surface area contributed by atoms with Crippen LogP contribution in [0.2, 0.25) is 0 Å². The van der Waals surface area contributed by atoms with Crippen LogP contribution in [0.5, 0.6) is 0 Å². The topological polar surface area (TPSA) is 60.8 Å². The van der Waals surface area contributed by atoms with Gasteiger partial charge < -0.3 is 9.47 Å². The summed E-state index contributed by atoms with van der Waals surface area (Å²) in [5, 5.41) is 0. The number of ether oxygens (including phenoxy) is 2. The summed E-state index contributed by atoms with van der Waals surface area (Å²) in [6, 6.07) is 12.7. The molecule has 1 aromatic heterocycles. The van der Waals surface area contributed by atoms with E-state index >= 15 is 0 Å². The number of aryl methyl sites for hydroxylation is 1. The molecule has 0 radical (unpaired) electrons. The Hall–Kier alpha value is -2.69. The third-order valence-corrected chi connectivity index (χ3v) is 3.31. The fourth-order valence-electron chi connectivity index (χ4n) is 2.07. The number of hydrogen-bond donors (Lipinski definition) is 0. The lowest BCUT2D eigenvalue weighted by molar-refractivity contribution is -0.146. The molecule has 0 spiro atoms. The van der Waals surface area contributed by atoms with Crippen LogP contribution in [0.15, 0.2) is 53.7 Å². The third-order valence-electron chi connectivity index (χ3n) is 3.31. The van der Waals surface area contributed by atoms with Gasteiger partial charge in [0.05, 0.1) is 5.56 Å². The minimum Gasteiger partial charge on any atom is -0.474 e. The quantitative estimate of drug-likeness (QED) is 0.812. The van der Waals surface area contributed by atoms with Gasteiger partial charge in [-0.15, -0.1) is 0 Å². The highest BCUT2D eigenvalue weighted by Crippen LogP contribution is 2.13. The summed E-state index contributed by atoms with van der Waals surface area (Å²) < 4.78 is 10.7. The lowest BCUT2D eigenvalue weighted by Crippen LogP contribution is -2.22. The highest BCUT2D eigenvalue weighted by molar-refractivity contribution is 5.97. The summed E-state index contributed by atoms with van der Waals surface area (Å²) in [5.74, 6) is 0.0630. The summed E-state index contributed by atoms with van der Waals surface area (Å²) in [6.45, 7) is 2.36. The molecule has 3 rings (SSSR count). The Bertz CT molecular complexity index is 681. The zero-order chi connectivity index (χ0) is 15.4. The number of benzene rings is 1. The predicted octanol–water partition coefficient (Wildman–Crippen LogP) is 2.28. The van der Waals surface area contributed by atoms with Crippen molar-refractivity contribution in [1.29, 1.82) is 0 Å². The monoisotopic (exact) mass is 296 g/mol. The van der Waals surface area contributed by atoms with Crippen LogP contribution < -0.4 is 0 Å². The van der Waals surface area contributed by atoms with Crippen LogP contribution in [0.1, 0.15) is 16.8 Å². The molecule has 5 heteroatoms.